The van der Waals surface area contributed by atoms with Gasteiger partial charge in [0.2, 0.25) is 0 Å². The Morgan fingerprint density at radius 1 is 1.10 bits per heavy atom. The maximum Gasteiger partial charge on any atom is 0.408 e. The van der Waals surface area contributed by atoms with Crippen molar-refractivity contribution in [3.8, 4) is 5.75 Å². The van der Waals surface area contributed by atoms with Gasteiger partial charge in [0, 0.05) is 40.3 Å². The highest BCUT2D eigenvalue weighted by atomic mass is 127. The lowest BCUT2D eigenvalue weighted by molar-refractivity contribution is 0.0474. The zero-order valence-electron chi connectivity index (χ0n) is 19.8. The summed E-state index contributed by atoms with van der Waals surface area (Å²) in [5.74, 6) is 1.47. The molecule has 178 valence electrons. The minimum atomic E-state index is -0.535. The molecule has 9 heteroatoms. The molecule has 0 fully saturated rings. The van der Waals surface area contributed by atoms with Crippen LogP contribution in [0.5, 0.6) is 5.75 Å². The summed E-state index contributed by atoms with van der Waals surface area (Å²) in [6.45, 7) is 11.7. The van der Waals surface area contributed by atoms with Crippen LogP contribution >= 0.6 is 24.0 Å². The van der Waals surface area contributed by atoms with Gasteiger partial charge in [-0.2, -0.15) is 0 Å². The summed E-state index contributed by atoms with van der Waals surface area (Å²) in [6.07, 6.45) is 0.405. The standard InChI is InChI=1S/C22H38N4O4.HI/c1-21(2,3)30-20(27)26-22(4,5)16-25-19(23-6)24-15-17-10-8-11-18(14-17)29-13-9-12-28-7;/h8,10-11,14H,9,12-13,15-16H2,1-7H3,(H,26,27)(H2,23,24,25);1H. The average molecular weight is 550 g/mol. The Labute approximate surface area is 203 Å². The third-order valence-electron chi connectivity index (χ3n) is 3.88. The van der Waals surface area contributed by atoms with Crippen molar-refractivity contribution >= 4 is 36.0 Å². The minimum absolute atomic E-state index is 0. The number of guanidine groups is 1. The number of benzene rings is 1. The number of ether oxygens (including phenoxy) is 3. The molecular weight excluding hydrogens is 511 g/mol. The van der Waals surface area contributed by atoms with E-state index in [1.807, 2.05) is 58.9 Å². The van der Waals surface area contributed by atoms with Crippen molar-refractivity contribution in [2.24, 2.45) is 4.99 Å². The van der Waals surface area contributed by atoms with E-state index >= 15 is 0 Å². The molecular formula is C22H39IN4O4. The minimum Gasteiger partial charge on any atom is -0.493 e. The number of rotatable bonds is 10. The van der Waals surface area contributed by atoms with Gasteiger partial charge in [-0.25, -0.2) is 4.79 Å². The number of carbonyl (C=O) groups excluding carboxylic acids is 1. The Morgan fingerprint density at radius 2 is 1.81 bits per heavy atom. The number of carbonyl (C=O) groups is 1. The van der Waals surface area contributed by atoms with Gasteiger partial charge in [-0.1, -0.05) is 12.1 Å². The van der Waals surface area contributed by atoms with E-state index in [0.717, 1.165) is 17.7 Å². The number of nitrogens with one attached hydrogen (secondary N) is 3. The van der Waals surface area contributed by atoms with Crippen LogP contribution in [-0.4, -0.2) is 57.1 Å². The van der Waals surface area contributed by atoms with E-state index in [4.69, 9.17) is 14.2 Å². The fraction of sp³-hybridized carbons (Fsp3) is 0.636. The summed E-state index contributed by atoms with van der Waals surface area (Å²) in [5.41, 5.74) is 0.0247. The normalized spacial score (nSPS) is 11.9. The number of hydrogen-bond donors (Lipinski definition) is 3. The highest BCUT2D eigenvalue weighted by molar-refractivity contribution is 14.0. The molecule has 0 saturated carbocycles. The molecule has 0 atom stereocenters. The number of hydrogen-bond acceptors (Lipinski definition) is 5. The third kappa shape index (κ3) is 14.0. The second-order valence-corrected chi connectivity index (χ2v) is 8.63. The predicted molar refractivity (Wildman–Crippen MR) is 135 cm³/mol. The summed E-state index contributed by atoms with van der Waals surface area (Å²) in [7, 11) is 3.39. The van der Waals surface area contributed by atoms with Crippen LogP contribution in [0.2, 0.25) is 0 Å². The number of methoxy groups -OCH3 is 1. The molecule has 0 aromatic heterocycles. The van der Waals surface area contributed by atoms with Crippen molar-refractivity contribution in [3.05, 3.63) is 29.8 Å². The van der Waals surface area contributed by atoms with E-state index in [9.17, 15) is 4.79 Å². The monoisotopic (exact) mass is 550 g/mol. The molecule has 1 rings (SSSR count). The van der Waals surface area contributed by atoms with E-state index in [-0.39, 0.29) is 24.0 Å². The smallest absolute Gasteiger partial charge is 0.408 e. The van der Waals surface area contributed by atoms with Crippen LogP contribution in [0.25, 0.3) is 0 Å². The van der Waals surface area contributed by atoms with Crippen LogP contribution in [0.15, 0.2) is 29.3 Å². The van der Waals surface area contributed by atoms with Gasteiger partial charge >= 0.3 is 6.09 Å². The summed E-state index contributed by atoms with van der Waals surface area (Å²) in [6, 6.07) is 7.93. The molecule has 0 aliphatic heterocycles. The number of amides is 1. The van der Waals surface area contributed by atoms with Crippen molar-refractivity contribution in [1.29, 1.82) is 0 Å². The number of alkyl carbamates (subject to hydrolysis) is 1. The van der Waals surface area contributed by atoms with Crippen LogP contribution in [0.3, 0.4) is 0 Å². The maximum atomic E-state index is 12.0. The quantitative estimate of drug-likeness (QED) is 0.178. The van der Waals surface area contributed by atoms with Gasteiger partial charge in [-0.3, -0.25) is 4.99 Å². The van der Waals surface area contributed by atoms with Gasteiger partial charge in [-0.05, 0) is 52.3 Å². The molecule has 1 amide bonds. The Kier molecular flexibility index (Phi) is 13.5. The first-order chi connectivity index (χ1) is 14.0. The summed E-state index contributed by atoms with van der Waals surface area (Å²) < 4.78 is 16.1. The zero-order chi connectivity index (χ0) is 22.6. The molecule has 0 radical (unpaired) electrons. The summed E-state index contributed by atoms with van der Waals surface area (Å²) in [4.78, 5) is 16.3. The highest BCUT2D eigenvalue weighted by Gasteiger charge is 2.24. The van der Waals surface area contributed by atoms with E-state index in [1.165, 1.54) is 0 Å². The first-order valence-corrected chi connectivity index (χ1v) is 10.2. The SMILES string of the molecule is CN=C(NCc1cccc(OCCCOC)c1)NCC(C)(C)NC(=O)OC(C)(C)C.I. The summed E-state index contributed by atoms with van der Waals surface area (Å²) >= 11 is 0. The van der Waals surface area contributed by atoms with E-state index in [2.05, 4.69) is 20.9 Å². The molecule has 0 spiro atoms. The van der Waals surface area contributed by atoms with Crippen molar-refractivity contribution < 1.29 is 19.0 Å². The van der Waals surface area contributed by atoms with Crippen molar-refractivity contribution in [3.63, 3.8) is 0 Å². The molecule has 0 bridgehead atoms. The van der Waals surface area contributed by atoms with Crippen molar-refractivity contribution in [2.45, 2.75) is 58.7 Å². The van der Waals surface area contributed by atoms with Gasteiger partial charge in [0.15, 0.2) is 5.96 Å². The molecule has 0 saturated heterocycles. The summed E-state index contributed by atoms with van der Waals surface area (Å²) in [5, 5.41) is 9.38. The predicted octanol–water partition coefficient (Wildman–Crippen LogP) is 3.69. The first kappa shape index (κ1) is 29.2. The Balaban J connectivity index is 0.00000900. The van der Waals surface area contributed by atoms with E-state index < -0.39 is 17.2 Å². The van der Waals surface area contributed by atoms with E-state index in [1.54, 1.807) is 14.2 Å². The van der Waals surface area contributed by atoms with Crippen LogP contribution in [0, 0.1) is 0 Å². The molecule has 0 unspecified atom stereocenters. The van der Waals surface area contributed by atoms with Crippen LogP contribution in [-0.2, 0) is 16.0 Å². The average Bonchev–Trinajstić information content (AvgIpc) is 2.63. The van der Waals surface area contributed by atoms with Crippen molar-refractivity contribution in [1.82, 2.24) is 16.0 Å². The van der Waals surface area contributed by atoms with Gasteiger partial charge in [0.25, 0.3) is 0 Å². The Hall–Kier alpha value is -1.75. The number of nitrogens with zero attached hydrogens (tertiary/aromatic N) is 1. The zero-order valence-corrected chi connectivity index (χ0v) is 22.2. The number of halogens is 1. The van der Waals surface area contributed by atoms with Gasteiger partial charge in [0.05, 0.1) is 12.1 Å². The number of aliphatic imine (C=N–C) groups is 1. The first-order valence-electron chi connectivity index (χ1n) is 10.2. The molecule has 1 aromatic carbocycles. The maximum absolute atomic E-state index is 12.0. The fourth-order valence-corrected chi connectivity index (χ4v) is 2.47. The molecule has 0 aliphatic carbocycles. The Bertz CT molecular complexity index is 690. The Morgan fingerprint density at radius 3 is 2.42 bits per heavy atom. The van der Waals surface area contributed by atoms with Gasteiger partial charge in [0.1, 0.15) is 11.4 Å². The lowest BCUT2D eigenvalue weighted by atomic mass is 10.1. The molecule has 0 heterocycles. The van der Waals surface area contributed by atoms with Crippen LogP contribution in [0.4, 0.5) is 4.79 Å². The highest BCUT2D eigenvalue weighted by Crippen LogP contribution is 2.13. The molecule has 0 aliphatic rings. The van der Waals surface area contributed by atoms with Gasteiger partial charge < -0.3 is 30.2 Å². The lowest BCUT2D eigenvalue weighted by Gasteiger charge is -2.29. The molecule has 3 N–H and O–H groups in total. The van der Waals surface area contributed by atoms with Gasteiger partial charge in [-0.15, -0.1) is 24.0 Å². The second kappa shape index (κ2) is 14.3. The van der Waals surface area contributed by atoms with Crippen LogP contribution < -0.4 is 20.7 Å². The largest absolute Gasteiger partial charge is 0.493 e. The molecule has 31 heavy (non-hydrogen) atoms. The van der Waals surface area contributed by atoms with Crippen molar-refractivity contribution in [2.75, 3.05) is 33.9 Å². The fourth-order valence-electron chi connectivity index (χ4n) is 2.47. The second-order valence-electron chi connectivity index (χ2n) is 8.63. The topological polar surface area (TPSA) is 93.2 Å². The third-order valence-corrected chi connectivity index (χ3v) is 3.88. The van der Waals surface area contributed by atoms with E-state index in [0.29, 0.717) is 32.3 Å². The molecule has 8 nitrogen and oxygen atoms in total. The lowest BCUT2D eigenvalue weighted by Crippen LogP contribution is -2.54. The van der Waals surface area contributed by atoms with Crippen LogP contribution in [0.1, 0.15) is 46.6 Å². The molecule has 1 aromatic rings.